The number of amides is 1. The molecule has 0 bridgehead atoms. The van der Waals surface area contributed by atoms with E-state index in [0.717, 1.165) is 24.4 Å². The number of hydrogen-bond donors (Lipinski definition) is 1. The first-order chi connectivity index (χ1) is 8.49. The van der Waals surface area contributed by atoms with Crippen LogP contribution in [-0.2, 0) is 14.3 Å². The zero-order valence-corrected chi connectivity index (χ0v) is 11.5. The van der Waals surface area contributed by atoms with Crippen LogP contribution >= 0.6 is 11.8 Å². The van der Waals surface area contributed by atoms with Crippen molar-refractivity contribution in [3.05, 3.63) is 10.6 Å². The molecule has 0 radical (unpaired) electrons. The molecule has 0 aliphatic carbocycles. The molecule has 2 aliphatic heterocycles. The highest BCUT2D eigenvalue weighted by Crippen LogP contribution is 2.40. The molecule has 100 valence electrons. The number of thioether (sulfide) groups is 1. The lowest BCUT2D eigenvalue weighted by atomic mass is 10.1. The minimum Gasteiger partial charge on any atom is -0.460 e. The van der Waals surface area contributed by atoms with Crippen LogP contribution in [0.5, 0.6) is 0 Å². The molecule has 2 heterocycles. The molecule has 0 saturated carbocycles. The van der Waals surface area contributed by atoms with Crippen molar-refractivity contribution in [2.24, 2.45) is 5.73 Å². The van der Waals surface area contributed by atoms with Gasteiger partial charge < -0.3 is 15.4 Å². The Morgan fingerprint density at radius 2 is 2.22 bits per heavy atom. The predicted molar refractivity (Wildman–Crippen MR) is 69.6 cm³/mol. The average Bonchev–Trinajstić information content (AvgIpc) is 2.71. The van der Waals surface area contributed by atoms with Crippen LogP contribution in [-0.4, -0.2) is 41.2 Å². The number of nitrogens with zero attached hydrogens (tertiary/aromatic N) is 1. The summed E-state index contributed by atoms with van der Waals surface area (Å²) in [5, 5.41) is 0.635. The number of carbonyl (C=O) groups excluding carboxylic acids is 2. The van der Waals surface area contributed by atoms with E-state index in [1.54, 1.807) is 0 Å². The molecule has 0 spiro atoms. The summed E-state index contributed by atoms with van der Waals surface area (Å²) in [6.07, 6.45) is 1.51. The maximum Gasteiger partial charge on any atom is 0.336 e. The first-order valence-corrected chi connectivity index (χ1v) is 7.02. The zero-order valence-electron chi connectivity index (χ0n) is 10.6. The Morgan fingerprint density at radius 3 is 2.83 bits per heavy atom. The Kier molecular flexibility index (Phi) is 3.85. The second kappa shape index (κ2) is 5.22. The van der Waals surface area contributed by atoms with Gasteiger partial charge in [-0.05, 0) is 26.7 Å². The molecule has 0 aromatic rings. The number of primary amides is 1. The molecule has 1 fully saturated rings. The van der Waals surface area contributed by atoms with Gasteiger partial charge in [-0.2, -0.15) is 0 Å². The van der Waals surface area contributed by atoms with Crippen molar-refractivity contribution in [2.45, 2.75) is 38.0 Å². The standard InChI is InChI=1S/C12H18N2O3S/c1-7(2)17-12(16)8-4-3-5-14-6-9(10(13)15)18-11(8)14/h7,9H,3-6H2,1-2H3,(H2,13,15). The smallest absolute Gasteiger partial charge is 0.336 e. The van der Waals surface area contributed by atoms with Crippen LogP contribution in [0.3, 0.4) is 0 Å². The van der Waals surface area contributed by atoms with Crippen molar-refractivity contribution < 1.29 is 14.3 Å². The summed E-state index contributed by atoms with van der Waals surface area (Å²) < 4.78 is 5.24. The zero-order chi connectivity index (χ0) is 13.3. The van der Waals surface area contributed by atoms with Crippen molar-refractivity contribution in [3.63, 3.8) is 0 Å². The highest BCUT2D eigenvalue weighted by molar-refractivity contribution is 8.04. The van der Waals surface area contributed by atoms with Crippen LogP contribution in [0.1, 0.15) is 26.7 Å². The average molecular weight is 270 g/mol. The Hall–Kier alpha value is -1.17. The third kappa shape index (κ3) is 2.63. The molecule has 1 amide bonds. The van der Waals surface area contributed by atoms with E-state index in [0.29, 0.717) is 12.1 Å². The molecule has 2 rings (SSSR count). The molecule has 18 heavy (non-hydrogen) atoms. The van der Waals surface area contributed by atoms with Crippen molar-refractivity contribution in [1.82, 2.24) is 4.90 Å². The molecular weight excluding hydrogens is 252 g/mol. The maximum absolute atomic E-state index is 12.0. The fourth-order valence-corrected chi connectivity index (χ4v) is 3.44. The van der Waals surface area contributed by atoms with Crippen LogP contribution in [0, 0.1) is 0 Å². The van der Waals surface area contributed by atoms with E-state index in [4.69, 9.17) is 10.5 Å². The monoisotopic (exact) mass is 270 g/mol. The predicted octanol–water partition coefficient (Wildman–Crippen LogP) is 0.846. The Morgan fingerprint density at radius 1 is 1.50 bits per heavy atom. The highest BCUT2D eigenvalue weighted by atomic mass is 32.2. The van der Waals surface area contributed by atoms with Gasteiger partial charge in [0.05, 0.1) is 16.7 Å². The van der Waals surface area contributed by atoms with Gasteiger partial charge >= 0.3 is 5.97 Å². The molecular formula is C12H18N2O3S. The summed E-state index contributed by atoms with van der Waals surface area (Å²) in [5.41, 5.74) is 6.03. The molecule has 6 heteroatoms. The van der Waals surface area contributed by atoms with E-state index in [1.807, 2.05) is 13.8 Å². The number of hydrogen-bond acceptors (Lipinski definition) is 5. The minimum atomic E-state index is -0.321. The van der Waals surface area contributed by atoms with Gasteiger partial charge in [0.25, 0.3) is 0 Å². The Labute approximate surface area is 111 Å². The topological polar surface area (TPSA) is 72.6 Å². The minimum absolute atomic E-state index is 0.126. The summed E-state index contributed by atoms with van der Waals surface area (Å²) >= 11 is 1.40. The maximum atomic E-state index is 12.0. The largest absolute Gasteiger partial charge is 0.460 e. The van der Waals surface area contributed by atoms with E-state index in [1.165, 1.54) is 11.8 Å². The molecule has 2 N–H and O–H groups in total. The van der Waals surface area contributed by atoms with Gasteiger partial charge in [-0.1, -0.05) is 11.8 Å². The van der Waals surface area contributed by atoms with E-state index in [2.05, 4.69) is 4.90 Å². The SMILES string of the molecule is CC(C)OC(=O)C1=C2SC(C(N)=O)CN2CCC1. The number of esters is 1. The fraction of sp³-hybridized carbons (Fsp3) is 0.667. The van der Waals surface area contributed by atoms with E-state index in [9.17, 15) is 9.59 Å². The molecule has 1 unspecified atom stereocenters. The molecule has 0 aromatic heterocycles. The number of ether oxygens (including phenoxy) is 1. The summed E-state index contributed by atoms with van der Waals surface area (Å²) in [4.78, 5) is 25.3. The highest BCUT2D eigenvalue weighted by Gasteiger charge is 2.37. The second-order valence-electron chi connectivity index (χ2n) is 4.80. The summed E-state index contributed by atoms with van der Waals surface area (Å²) in [6, 6.07) is 0. The number of carbonyl (C=O) groups is 2. The lowest BCUT2D eigenvalue weighted by Crippen LogP contribution is -2.32. The summed E-state index contributed by atoms with van der Waals surface area (Å²) in [7, 11) is 0. The van der Waals surface area contributed by atoms with Crippen molar-refractivity contribution >= 4 is 23.6 Å². The van der Waals surface area contributed by atoms with Gasteiger partial charge in [0, 0.05) is 13.1 Å². The number of fused-ring (bicyclic) bond motifs is 1. The summed E-state index contributed by atoms with van der Waals surface area (Å²) in [6.45, 7) is 5.15. The van der Waals surface area contributed by atoms with Gasteiger partial charge in [0.2, 0.25) is 5.91 Å². The van der Waals surface area contributed by atoms with Gasteiger partial charge in [-0.25, -0.2) is 4.79 Å². The van der Waals surface area contributed by atoms with Gasteiger partial charge in [-0.3, -0.25) is 4.79 Å². The van der Waals surface area contributed by atoms with Crippen LogP contribution in [0.15, 0.2) is 10.6 Å². The van der Waals surface area contributed by atoms with Crippen LogP contribution in [0.2, 0.25) is 0 Å². The van der Waals surface area contributed by atoms with Crippen LogP contribution in [0.25, 0.3) is 0 Å². The van der Waals surface area contributed by atoms with Gasteiger partial charge in [-0.15, -0.1) is 0 Å². The second-order valence-corrected chi connectivity index (χ2v) is 5.99. The fourth-order valence-electron chi connectivity index (χ4n) is 2.16. The molecule has 2 aliphatic rings. The first-order valence-electron chi connectivity index (χ1n) is 6.14. The van der Waals surface area contributed by atoms with Crippen molar-refractivity contribution in [1.29, 1.82) is 0 Å². The Bertz CT molecular complexity index is 406. The van der Waals surface area contributed by atoms with Crippen LogP contribution < -0.4 is 5.73 Å². The molecule has 5 nitrogen and oxygen atoms in total. The van der Waals surface area contributed by atoms with Crippen LogP contribution in [0.4, 0.5) is 0 Å². The first kappa shape index (κ1) is 13.3. The van der Waals surface area contributed by atoms with Crippen molar-refractivity contribution in [2.75, 3.05) is 13.1 Å². The number of nitrogens with two attached hydrogens (primary N) is 1. The molecule has 1 atom stereocenters. The summed E-state index contributed by atoms with van der Waals surface area (Å²) in [5.74, 6) is -0.583. The third-order valence-electron chi connectivity index (χ3n) is 2.95. The third-order valence-corrected chi connectivity index (χ3v) is 4.34. The molecule has 1 saturated heterocycles. The molecule has 0 aromatic carbocycles. The van der Waals surface area contributed by atoms with Crippen molar-refractivity contribution in [3.8, 4) is 0 Å². The lowest BCUT2D eigenvalue weighted by molar-refractivity contribution is -0.143. The van der Waals surface area contributed by atoms with Gasteiger partial charge in [0.15, 0.2) is 0 Å². The van der Waals surface area contributed by atoms with Gasteiger partial charge in [0.1, 0.15) is 5.25 Å². The van der Waals surface area contributed by atoms with E-state index in [-0.39, 0.29) is 23.2 Å². The van der Waals surface area contributed by atoms with E-state index < -0.39 is 0 Å². The Balaban J connectivity index is 2.20. The number of rotatable bonds is 3. The van der Waals surface area contributed by atoms with E-state index >= 15 is 0 Å². The quantitative estimate of drug-likeness (QED) is 0.770. The normalized spacial score (nSPS) is 23.3. The lowest BCUT2D eigenvalue weighted by Gasteiger charge is -2.26.